The third-order valence-corrected chi connectivity index (χ3v) is 3.39. The average Bonchev–Trinajstić information content (AvgIpc) is 2.33. The smallest absolute Gasteiger partial charge is 0.000156 e. The minimum Gasteiger partial charge on any atom is -0.330 e. The Kier molecular flexibility index (Phi) is 3.75. The zero-order chi connectivity index (χ0) is 10.5. The van der Waals surface area contributed by atoms with Crippen molar-refractivity contribution in [3.05, 3.63) is 35.9 Å². The third kappa shape index (κ3) is 2.58. The fourth-order valence-electron chi connectivity index (χ4n) is 2.52. The molecule has 2 nitrogen and oxygen atoms in total. The molecule has 2 unspecified atom stereocenters. The molecule has 0 bridgehead atoms. The molecule has 0 aliphatic carbocycles. The van der Waals surface area contributed by atoms with E-state index in [1.807, 2.05) is 0 Å². The average molecular weight is 204 g/mol. The maximum Gasteiger partial charge on any atom is 0.000156 e. The van der Waals surface area contributed by atoms with Crippen molar-refractivity contribution < 1.29 is 0 Å². The van der Waals surface area contributed by atoms with Crippen molar-refractivity contribution in [2.45, 2.75) is 18.8 Å². The van der Waals surface area contributed by atoms with Gasteiger partial charge in [0.25, 0.3) is 0 Å². The molecule has 1 fully saturated rings. The molecule has 2 rings (SSSR count). The van der Waals surface area contributed by atoms with Crippen LogP contribution in [0.3, 0.4) is 0 Å². The summed E-state index contributed by atoms with van der Waals surface area (Å²) in [5.41, 5.74) is 7.30. The standard InChI is InChI=1S/C13H20N2/c14-9-13(11-5-2-1-3-6-11)12-7-4-8-15-10-12/h1-3,5-6,12-13,15H,4,7-10,14H2. The maximum absolute atomic E-state index is 5.91. The third-order valence-electron chi connectivity index (χ3n) is 3.39. The zero-order valence-corrected chi connectivity index (χ0v) is 9.15. The molecule has 0 saturated carbocycles. The van der Waals surface area contributed by atoms with Crippen LogP contribution in [0.25, 0.3) is 0 Å². The lowest BCUT2D eigenvalue weighted by molar-refractivity contribution is 0.325. The molecule has 1 aliphatic heterocycles. The quantitative estimate of drug-likeness (QED) is 0.787. The molecule has 0 amide bonds. The van der Waals surface area contributed by atoms with Gasteiger partial charge in [0.1, 0.15) is 0 Å². The summed E-state index contributed by atoms with van der Waals surface area (Å²) in [7, 11) is 0. The Labute approximate surface area is 91.9 Å². The first-order valence-electron chi connectivity index (χ1n) is 5.87. The van der Waals surface area contributed by atoms with Gasteiger partial charge in [0, 0.05) is 5.92 Å². The van der Waals surface area contributed by atoms with Crippen molar-refractivity contribution in [2.75, 3.05) is 19.6 Å². The molecular formula is C13H20N2. The number of nitrogens with two attached hydrogens (primary N) is 1. The predicted molar refractivity (Wildman–Crippen MR) is 63.8 cm³/mol. The van der Waals surface area contributed by atoms with Gasteiger partial charge in [0.05, 0.1) is 0 Å². The molecule has 1 aliphatic rings. The van der Waals surface area contributed by atoms with E-state index >= 15 is 0 Å². The van der Waals surface area contributed by atoms with Crippen LogP contribution in [0.15, 0.2) is 30.3 Å². The summed E-state index contributed by atoms with van der Waals surface area (Å²) in [6.07, 6.45) is 2.60. The van der Waals surface area contributed by atoms with E-state index in [1.54, 1.807) is 0 Å². The van der Waals surface area contributed by atoms with Crippen LogP contribution in [-0.4, -0.2) is 19.6 Å². The predicted octanol–water partition coefficient (Wildman–Crippen LogP) is 1.73. The van der Waals surface area contributed by atoms with Crippen LogP contribution in [0, 0.1) is 5.92 Å². The van der Waals surface area contributed by atoms with Crippen LogP contribution in [0.2, 0.25) is 0 Å². The summed E-state index contributed by atoms with van der Waals surface area (Å²) in [5.74, 6) is 1.24. The minimum absolute atomic E-state index is 0.527. The lowest BCUT2D eigenvalue weighted by atomic mass is 9.82. The fraction of sp³-hybridized carbons (Fsp3) is 0.538. The Morgan fingerprint density at radius 1 is 1.33 bits per heavy atom. The molecule has 0 spiro atoms. The van der Waals surface area contributed by atoms with Gasteiger partial charge in [-0.25, -0.2) is 0 Å². The molecule has 3 N–H and O–H groups in total. The van der Waals surface area contributed by atoms with E-state index < -0.39 is 0 Å². The van der Waals surface area contributed by atoms with Crippen molar-refractivity contribution in [1.29, 1.82) is 0 Å². The first-order valence-corrected chi connectivity index (χ1v) is 5.87. The highest BCUT2D eigenvalue weighted by Gasteiger charge is 2.23. The van der Waals surface area contributed by atoms with Gasteiger partial charge in [-0.05, 0) is 44.0 Å². The summed E-state index contributed by atoms with van der Waals surface area (Å²) in [6.45, 7) is 3.05. The maximum atomic E-state index is 5.91. The second-order valence-electron chi connectivity index (χ2n) is 4.36. The Morgan fingerprint density at radius 3 is 2.73 bits per heavy atom. The normalized spacial score (nSPS) is 23.7. The van der Waals surface area contributed by atoms with Gasteiger partial charge in [-0.15, -0.1) is 0 Å². The number of hydrogen-bond donors (Lipinski definition) is 2. The number of benzene rings is 1. The van der Waals surface area contributed by atoms with Gasteiger partial charge < -0.3 is 11.1 Å². The van der Waals surface area contributed by atoms with Crippen molar-refractivity contribution in [1.82, 2.24) is 5.32 Å². The van der Waals surface area contributed by atoms with E-state index in [-0.39, 0.29) is 0 Å². The van der Waals surface area contributed by atoms with Crippen molar-refractivity contribution in [3.63, 3.8) is 0 Å². The Morgan fingerprint density at radius 2 is 2.13 bits per heavy atom. The molecule has 1 aromatic carbocycles. The molecule has 1 heterocycles. The number of rotatable bonds is 3. The summed E-state index contributed by atoms with van der Waals surface area (Å²) in [6, 6.07) is 10.7. The Hall–Kier alpha value is -0.860. The lowest BCUT2D eigenvalue weighted by Crippen LogP contribution is -2.35. The summed E-state index contributed by atoms with van der Waals surface area (Å²) in [4.78, 5) is 0. The summed E-state index contributed by atoms with van der Waals surface area (Å²) in [5, 5.41) is 3.46. The van der Waals surface area contributed by atoms with Crippen LogP contribution < -0.4 is 11.1 Å². The van der Waals surface area contributed by atoms with E-state index in [0.29, 0.717) is 11.8 Å². The first kappa shape index (κ1) is 10.7. The fourth-order valence-corrected chi connectivity index (χ4v) is 2.52. The molecule has 0 radical (unpaired) electrons. The number of piperidine rings is 1. The highest BCUT2D eigenvalue weighted by atomic mass is 14.9. The van der Waals surface area contributed by atoms with Crippen molar-refractivity contribution in [2.24, 2.45) is 11.7 Å². The van der Waals surface area contributed by atoms with Gasteiger partial charge in [-0.3, -0.25) is 0 Å². The molecule has 1 aromatic rings. The molecule has 82 valence electrons. The molecule has 2 atom stereocenters. The molecule has 0 aromatic heterocycles. The summed E-state index contributed by atoms with van der Waals surface area (Å²) >= 11 is 0. The lowest BCUT2D eigenvalue weighted by Gasteiger charge is -2.30. The molecule has 1 saturated heterocycles. The highest BCUT2D eigenvalue weighted by Crippen LogP contribution is 2.28. The Balaban J connectivity index is 2.09. The molecule has 2 heteroatoms. The van der Waals surface area contributed by atoms with Crippen LogP contribution in [-0.2, 0) is 0 Å². The van der Waals surface area contributed by atoms with Gasteiger partial charge >= 0.3 is 0 Å². The second kappa shape index (κ2) is 5.29. The summed E-state index contributed by atoms with van der Waals surface area (Å²) < 4.78 is 0. The first-order chi connectivity index (χ1) is 7.42. The largest absolute Gasteiger partial charge is 0.330 e. The number of hydrogen-bond acceptors (Lipinski definition) is 2. The van der Waals surface area contributed by atoms with E-state index in [1.165, 1.54) is 24.9 Å². The zero-order valence-electron chi connectivity index (χ0n) is 9.15. The van der Waals surface area contributed by atoms with Gasteiger partial charge in [-0.1, -0.05) is 30.3 Å². The van der Waals surface area contributed by atoms with Crippen LogP contribution in [0.5, 0.6) is 0 Å². The van der Waals surface area contributed by atoms with E-state index in [0.717, 1.165) is 13.1 Å². The molecular weight excluding hydrogens is 184 g/mol. The van der Waals surface area contributed by atoms with Gasteiger partial charge in [0.15, 0.2) is 0 Å². The van der Waals surface area contributed by atoms with Crippen molar-refractivity contribution in [3.8, 4) is 0 Å². The monoisotopic (exact) mass is 204 g/mol. The SMILES string of the molecule is NCC(c1ccccc1)C1CCCNC1. The second-order valence-corrected chi connectivity index (χ2v) is 4.36. The van der Waals surface area contributed by atoms with E-state index in [9.17, 15) is 0 Å². The minimum atomic E-state index is 0.527. The number of nitrogens with one attached hydrogen (secondary N) is 1. The Bertz CT molecular complexity index is 278. The highest BCUT2D eigenvalue weighted by molar-refractivity contribution is 5.21. The van der Waals surface area contributed by atoms with Crippen LogP contribution >= 0.6 is 0 Å². The molecule has 15 heavy (non-hydrogen) atoms. The topological polar surface area (TPSA) is 38.0 Å². The van der Waals surface area contributed by atoms with Crippen LogP contribution in [0.4, 0.5) is 0 Å². The van der Waals surface area contributed by atoms with Gasteiger partial charge in [-0.2, -0.15) is 0 Å². The van der Waals surface area contributed by atoms with E-state index in [4.69, 9.17) is 5.73 Å². The van der Waals surface area contributed by atoms with Crippen LogP contribution in [0.1, 0.15) is 24.3 Å². The van der Waals surface area contributed by atoms with Crippen molar-refractivity contribution >= 4 is 0 Å². The van der Waals surface area contributed by atoms with E-state index in [2.05, 4.69) is 35.6 Å². The van der Waals surface area contributed by atoms with Gasteiger partial charge in [0.2, 0.25) is 0 Å².